The van der Waals surface area contributed by atoms with E-state index in [0.29, 0.717) is 19.4 Å². The largest absolute Gasteiger partial charge is 0.388 e. The molecule has 1 aliphatic heterocycles. The predicted molar refractivity (Wildman–Crippen MR) is 73.9 cm³/mol. The molecule has 1 amide bonds. The van der Waals surface area contributed by atoms with Gasteiger partial charge in [-0.1, -0.05) is 11.6 Å². The van der Waals surface area contributed by atoms with Gasteiger partial charge in [0.2, 0.25) is 0 Å². The second-order valence-corrected chi connectivity index (χ2v) is 5.66. The number of nitrogens with zero attached hydrogens (tertiary/aromatic N) is 2. The summed E-state index contributed by atoms with van der Waals surface area (Å²) in [5.41, 5.74) is -0.839. The first-order chi connectivity index (χ1) is 9.30. The Hall–Kier alpha value is -1.66. The number of non-ortho nitro benzene ring substituents is 1. The summed E-state index contributed by atoms with van der Waals surface area (Å²) in [4.78, 5) is 24.0. The Morgan fingerprint density at radius 2 is 2.25 bits per heavy atom. The van der Waals surface area contributed by atoms with E-state index in [2.05, 4.69) is 0 Å². The van der Waals surface area contributed by atoms with Crippen LogP contribution in [0, 0.1) is 10.1 Å². The number of piperidine rings is 1. The molecule has 1 aromatic rings. The zero-order valence-electron chi connectivity index (χ0n) is 11.0. The number of aliphatic hydroxyl groups is 1. The lowest BCUT2D eigenvalue weighted by Crippen LogP contribution is -2.48. The zero-order chi connectivity index (χ0) is 14.9. The highest BCUT2D eigenvalue weighted by atomic mass is 35.5. The number of hydrogen-bond donors (Lipinski definition) is 1. The van der Waals surface area contributed by atoms with Gasteiger partial charge in [0, 0.05) is 25.2 Å². The van der Waals surface area contributed by atoms with E-state index in [1.165, 1.54) is 17.0 Å². The molecule has 0 radical (unpaired) electrons. The molecular weight excluding hydrogens is 284 g/mol. The van der Waals surface area contributed by atoms with Crippen LogP contribution in [0.3, 0.4) is 0 Å². The molecule has 1 unspecified atom stereocenters. The Balaban J connectivity index is 2.23. The standard InChI is InChI=1S/C13H15ClN2O4/c1-13(18)5-2-6-15(8-13)12(17)10-4-3-9(16(19)20)7-11(10)14/h3-4,7,18H,2,5-6,8H2,1H3. The molecule has 0 bridgehead atoms. The number of halogens is 1. The fourth-order valence-corrected chi connectivity index (χ4v) is 2.61. The van der Waals surface area contributed by atoms with Gasteiger partial charge in [-0.25, -0.2) is 0 Å². The van der Waals surface area contributed by atoms with Crippen molar-refractivity contribution in [3.8, 4) is 0 Å². The van der Waals surface area contributed by atoms with Crippen molar-refractivity contribution in [1.82, 2.24) is 4.90 Å². The molecule has 1 N–H and O–H groups in total. The molecule has 1 heterocycles. The average Bonchev–Trinajstić information content (AvgIpc) is 2.36. The van der Waals surface area contributed by atoms with Gasteiger partial charge in [-0.2, -0.15) is 0 Å². The van der Waals surface area contributed by atoms with Crippen molar-refractivity contribution in [3.05, 3.63) is 38.9 Å². The molecule has 7 heteroatoms. The van der Waals surface area contributed by atoms with E-state index in [-0.39, 0.29) is 28.7 Å². The average molecular weight is 299 g/mol. The highest BCUT2D eigenvalue weighted by Gasteiger charge is 2.32. The fourth-order valence-electron chi connectivity index (χ4n) is 2.35. The van der Waals surface area contributed by atoms with Crippen molar-refractivity contribution in [2.24, 2.45) is 0 Å². The quantitative estimate of drug-likeness (QED) is 0.670. The molecule has 1 fully saturated rings. The molecule has 6 nitrogen and oxygen atoms in total. The Morgan fingerprint density at radius 1 is 1.55 bits per heavy atom. The van der Waals surface area contributed by atoms with Crippen molar-refractivity contribution < 1.29 is 14.8 Å². The lowest BCUT2D eigenvalue weighted by atomic mass is 9.94. The van der Waals surface area contributed by atoms with E-state index in [9.17, 15) is 20.0 Å². The number of nitro groups is 1. The predicted octanol–water partition coefficient (Wildman–Crippen LogP) is 2.24. The van der Waals surface area contributed by atoms with Crippen LogP contribution in [0.25, 0.3) is 0 Å². The normalized spacial score (nSPS) is 22.6. The minimum absolute atomic E-state index is 0.0504. The Bertz CT molecular complexity index is 559. The molecule has 0 spiro atoms. The van der Waals surface area contributed by atoms with Crippen LogP contribution in [0.1, 0.15) is 30.1 Å². The summed E-state index contributed by atoms with van der Waals surface area (Å²) in [6.07, 6.45) is 1.36. The number of rotatable bonds is 2. The third kappa shape index (κ3) is 3.08. The topological polar surface area (TPSA) is 83.7 Å². The number of amides is 1. The first kappa shape index (κ1) is 14.7. The number of carbonyl (C=O) groups is 1. The monoisotopic (exact) mass is 298 g/mol. The van der Waals surface area contributed by atoms with Crippen molar-refractivity contribution in [1.29, 1.82) is 0 Å². The van der Waals surface area contributed by atoms with Crippen LogP contribution < -0.4 is 0 Å². The lowest BCUT2D eigenvalue weighted by molar-refractivity contribution is -0.384. The SMILES string of the molecule is CC1(O)CCCN(C(=O)c2ccc([N+](=O)[O-])cc2Cl)C1. The van der Waals surface area contributed by atoms with Crippen LogP contribution >= 0.6 is 11.6 Å². The van der Waals surface area contributed by atoms with Crippen LogP contribution in [0.5, 0.6) is 0 Å². The van der Waals surface area contributed by atoms with Crippen molar-refractivity contribution in [2.75, 3.05) is 13.1 Å². The summed E-state index contributed by atoms with van der Waals surface area (Å²) in [7, 11) is 0. The molecule has 0 aromatic heterocycles. The van der Waals surface area contributed by atoms with E-state index in [1.807, 2.05) is 0 Å². The van der Waals surface area contributed by atoms with E-state index < -0.39 is 10.5 Å². The summed E-state index contributed by atoms with van der Waals surface area (Å²) in [6.45, 7) is 2.46. The highest BCUT2D eigenvalue weighted by molar-refractivity contribution is 6.34. The molecule has 2 rings (SSSR count). The van der Waals surface area contributed by atoms with Crippen molar-refractivity contribution in [3.63, 3.8) is 0 Å². The van der Waals surface area contributed by atoms with Gasteiger partial charge in [0.15, 0.2) is 0 Å². The van der Waals surface area contributed by atoms with Gasteiger partial charge < -0.3 is 10.0 Å². The van der Waals surface area contributed by atoms with Gasteiger partial charge >= 0.3 is 0 Å². The summed E-state index contributed by atoms with van der Waals surface area (Å²) < 4.78 is 0. The Labute approximate surface area is 121 Å². The summed E-state index contributed by atoms with van der Waals surface area (Å²) in [6, 6.07) is 3.77. The highest BCUT2D eigenvalue weighted by Crippen LogP contribution is 2.26. The number of likely N-dealkylation sites (tertiary alicyclic amines) is 1. The van der Waals surface area contributed by atoms with Crippen LogP contribution in [0.4, 0.5) is 5.69 Å². The van der Waals surface area contributed by atoms with E-state index in [4.69, 9.17) is 11.6 Å². The van der Waals surface area contributed by atoms with Gasteiger partial charge in [0.05, 0.1) is 21.1 Å². The summed E-state index contributed by atoms with van der Waals surface area (Å²) in [5.74, 6) is -0.315. The molecule has 0 saturated carbocycles. The van der Waals surface area contributed by atoms with Crippen molar-refractivity contribution >= 4 is 23.2 Å². The maximum atomic E-state index is 12.4. The molecule has 108 valence electrons. The van der Waals surface area contributed by atoms with Gasteiger partial charge in [0.25, 0.3) is 11.6 Å². The Kier molecular flexibility index (Phi) is 3.96. The number of β-amino-alcohol motifs (C(OH)–C–C–N with tert-alkyl or cyclic N) is 1. The maximum Gasteiger partial charge on any atom is 0.270 e. The number of benzene rings is 1. The zero-order valence-corrected chi connectivity index (χ0v) is 11.8. The van der Waals surface area contributed by atoms with Crippen LogP contribution in [-0.2, 0) is 0 Å². The number of nitro benzene ring substituents is 1. The first-order valence-electron chi connectivity index (χ1n) is 6.26. The van der Waals surface area contributed by atoms with Gasteiger partial charge in [-0.3, -0.25) is 14.9 Å². The summed E-state index contributed by atoms with van der Waals surface area (Å²) in [5, 5.41) is 20.7. The fraction of sp³-hybridized carbons (Fsp3) is 0.462. The lowest BCUT2D eigenvalue weighted by Gasteiger charge is -2.36. The minimum atomic E-state index is -0.902. The van der Waals surface area contributed by atoms with E-state index in [1.54, 1.807) is 6.92 Å². The molecule has 1 saturated heterocycles. The molecule has 1 aliphatic rings. The minimum Gasteiger partial charge on any atom is -0.388 e. The smallest absolute Gasteiger partial charge is 0.270 e. The third-order valence-corrected chi connectivity index (χ3v) is 3.67. The van der Waals surface area contributed by atoms with Crippen LogP contribution in [0.2, 0.25) is 5.02 Å². The third-order valence-electron chi connectivity index (χ3n) is 3.36. The van der Waals surface area contributed by atoms with Crippen LogP contribution in [0.15, 0.2) is 18.2 Å². The van der Waals surface area contributed by atoms with Gasteiger partial charge in [-0.15, -0.1) is 0 Å². The molecule has 1 aromatic carbocycles. The molecule has 20 heavy (non-hydrogen) atoms. The second kappa shape index (κ2) is 5.38. The molecular formula is C13H15ClN2O4. The first-order valence-corrected chi connectivity index (χ1v) is 6.63. The maximum absolute atomic E-state index is 12.4. The number of hydrogen-bond acceptors (Lipinski definition) is 4. The van der Waals surface area contributed by atoms with Gasteiger partial charge in [-0.05, 0) is 25.8 Å². The van der Waals surface area contributed by atoms with E-state index >= 15 is 0 Å². The van der Waals surface area contributed by atoms with E-state index in [0.717, 1.165) is 6.07 Å². The summed E-state index contributed by atoms with van der Waals surface area (Å²) >= 11 is 5.94. The number of carbonyl (C=O) groups excluding carboxylic acids is 1. The molecule has 1 atom stereocenters. The van der Waals surface area contributed by atoms with Crippen LogP contribution in [-0.4, -0.2) is 39.5 Å². The second-order valence-electron chi connectivity index (χ2n) is 5.25. The molecule has 0 aliphatic carbocycles. The van der Waals surface area contributed by atoms with Crippen molar-refractivity contribution in [2.45, 2.75) is 25.4 Å². The van der Waals surface area contributed by atoms with Gasteiger partial charge in [0.1, 0.15) is 0 Å². The Morgan fingerprint density at radius 3 is 2.80 bits per heavy atom.